The number of sulfone groups is 1. The molecular weight excluding hydrogens is 448 g/mol. The molecule has 8 heteroatoms. The number of hydrogen-bond donors (Lipinski definition) is 1. The van der Waals surface area contributed by atoms with Gasteiger partial charge in [0.25, 0.3) is 5.91 Å². The third kappa shape index (κ3) is 3.91. The number of aryl methyl sites for hydroxylation is 1. The molecular formula is C23H20N2O3S3. The molecule has 2 aromatic heterocycles. The van der Waals surface area contributed by atoms with Crippen molar-refractivity contribution < 1.29 is 13.2 Å². The lowest BCUT2D eigenvalue weighted by atomic mass is 9.95. The number of thiazole rings is 1. The van der Waals surface area contributed by atoms with Crippen LogP contribution >= 0.6 is 22.7 Å². The Morgan fingerprint density at radius 1 is 1.03 bits per heavy atom. The smallest absolute Gasteiger partial charge is 0.256 e. The normalized spacial score (nSPS) is 13.8. The van der Waals surface area contributed by atoms with Gasteiger partial charge < -0.3 is 5.32 Å². The minimum atomic E-state index is -3.39. The minimum Gasteiger partial charge on any atom is -0.313 e. The first-order valence-corrected chi connectivity index (χ1v) is 13.5. The number of carbonyl (C=O) groups is 1. The molecule has 0 aliphatic heterocycles. The van der Waals surface area contributed by atoms with Gasteiger partial charge in [-0.3, -0.25) is 4.79 Å². The van der Waals surface area contributed by atoms with Gasteiger partial charge in [0.05, 0.1) is 15.1 Å². The molecule has 1 amide bonds. The molecule has 0 saturated heterocycles. The van der Waals surface area contributed by atoms with Gasteiger partial charge in [-0.25, -0.2) is 13.4 Å². The lowest BCUT2D eigenvalue weighted by Crippen LogP contribution is -2.12. The summed E-state index contributed by atoms with van der Waals surface area (Å²) in [5.41, 5.74) is 3.59. The summed E-state index contributed by atoms with van der Waals surface area (Å²) in [6, 6.07) is 14.2. The molecule has 1 aliphatic carbocycles. The van der Waals surface area contributed by atoms with Crippen LogP contribution in [-0.4, -0.2) is 25.6 Å². The molecule has 0 unspecified atom stereocenters. The second-order valence-electron chi connectivity index (χ2n) is 7.66. The highest BCUT2D eigenvalue weighted by Gasteiger charge is 2.25. The van der Waals surface area contributed by atoms with Crippen molar-refractivity contribution in [3.63, 3.8) is 0 Å². The highest BCUT2D eigenvalue weighted by Crippen LogP contribution is 2.46. The zero-order valence-electron chi connectivity index (χ0n) is 16.8. The Balaban J connectivity index is 1.57. The van der Waals surface area contributed by atoms with E-state index < -0.39 is 9.84 Å². The summed E-state index contributed by atoms with van der Waals surface area (Å²) >= 11 is 3.25. The maximum Gasteiger partial charge on any atom is 0.256 e. The zero-order chi connectivity index (χ0) is 21.6. The van der Waals surface area contributed by atoms with Crippen LogP contribution in [0.2, 0.25) is 0 Å². The van der Waals surface area contributed by atoms with Crippen molar-refractivity contribution in [3.05, 3.63) is 64.5 Å². The maximum absolute atomic E-state index is 13.0. The van der Waals surface area contributed by atoms with Crippen molar-refractivity contribution in [1.82, 2.24) is 4.98 Å². The second kappa shape index (κ2) is 7.85. The SMILES string of the molecule is CS(=O)(=O)c1cccc(C(=O)Nc2sc3c(c2-c2nc4ccccc4s2)CCCC3)c1. The van der Waals surface area contributed by atoms with Crippen LogP contribution in [0, 0.1) is 0 Å². The van der Waals surface area contributed by atoms with Gasteiger partial charge in [-0.2, -0.15) is 0 Å². The Kier molecular flexibility index (Phi) is 5.16. The Morgan fingerprint density at radius 3 is 2.65 bits per heavy atom. The summed E-state index contributed by atoms with van der Waals surface area (Å²) in [6.07, 6.45) is 5.42. The number of benzene rings is 2. The first kappa shape index (κ1) is 20.4. The van der Waals surface area contributed by atoms with E-state index in [0.29, 0.717) is 5.56 Å². The first-order chi connectivity index (χ1) is 14.9. The topological polar surface area (TPSA) is 76.1 Å². The number of hydrogen-bond acceptors (Lipinski definition) is 6. The van der Waals surface area contributed by atoms with Crippen LogP contribution in [0.5, 0.6) is 0 Å². The fourth-order valence-electron chi connectivity index (χ4n) is 3.90. The van der Waals surface area contributed by atoms with Crippen molar-refractivity contribution in [2.24, 2.45) is 0 Å². The molecule has 0 radical (unpaired) electrons. The largest absolute Gasteiger partial charge is 0.313 e. The van der Waals surface area contributed by atoms with E-state index in [1.54, 1.807) is 34.8 Å². The van der Waals surface area contributed by atoms with E-state index in [1.165, 1.54) is 22.6 Å². The molecule has 0 atom stereocenters. The van der Waals surface area contributed by atoms with Crippen LogP contribution in [0.15, 0.2) is 53.4 Å². The molecule has 0 fully saturated rings. The van der Waals surface area contributed by atoms with Gasteiger partial charge in [0.15, 0.2) is 9.84 Å². The van der Waals surface area contributed by atoms with E-state index in [4.69, 9.17) is 4.98 Å². The van der Waals surface area contributed by atoms with Gasteiger partial charge in [-0.1, -0.05) is 18.2 Å². The molecule has 0 spiro atoms. The van der Waals surface area contributed by atoms with E-state index in [-0.39, 0.29) is 10.8 Å². The molecule has 5 rings (SSSR count). The van der Waals surface area contributed by atoms with Gasteiger partial charge in [0.1, 0.15) is 10.0 Å². The third-order valence-corrected chi connectivity index (χ3v) is 8.80. The summed E-state index contributed by atoms with van der Waals surface area (Å²) in [4.78, 5) is 19.3. The fraction of sp³-hybridized carbons (Fsp3) is 0.217. The lowest BCUT2D eigenvalue weighted by molar-refractivity contribution is 0.102. The first-order valence-electron chi connectivity index (χ1n) is 10.0. The van der Waals surface area contributed by atoms with E-state index >= 15 is 0 Å². The van der Waals surface area contributed by atoms with Gasteiger partial charge in [-0.05, 0) is 61.6 Å². The van der Waals surface area contributed by atoms with E-state index in [2.05, 4.69) is 11.4 Å². The number of nitrogens with zero attached hydrogens (tertiary/aromatic N) is 1. The molecule has 2 aromatic carbocycles. The third-order valence-electron chi connectivity index (χ3n) is 5.43. The predicted octanol–water partition coefficient (Wildman–Crippen LogP) is 5.56. The Morgan fingerprint density at radius 2 is 1.84 bits per heavy atom. The molecule has 158 valence electrons. The molecule has 1 aliphatic rings. The number of aromatic nitrogens is 1. The monoisotopic (exact) mass is 468 g/mol. The van der Waals surface area contributed by atoms with Gasteiger partial charge >= 0.3 is 0 Å². The fourth-order valence-corrected chi connectivity index (χ4v) is 6.96. The number of thiophene rings is 1. The lowest BCUT2D eigenvalue weighted by Gasteiger charge is -2.12. The molecule has 31 heavy (non-hydrogen) atoms. The van der Waals surface area contributed by atoms with Crippen LogP contribution < -0.4 is 5.32 Å². The van der Waals surface area contributed by atoms with Crippen LogP contribution in [0.4, 0.5) is 5.00 Å². The van der Waals surface area contributed by atoms with Gasteiger partial charge in [0, 0.05) is 22.3 Å². The van der Waals surface area contributed by atoms with Crippen molar-refractivity contribution in [2.45, 2.75) is 30.6 Å². The van der Waals surface area contributed by atoms with Crippen LogP contribution in [-0.2, 0) is 22.7 Å². The summed E-state index contributed by atoms with van der Waals surface area (Å²) in [7, 11) is -3.39. The number of anilines is 1. The molecule has 5 nitrogen and oxygen atoms in total. The molecule has 1 N–H and O–H groups in total. The summed E-state index contributed by atoms with van der Waals surface area (Å²) in [5, 5.41) is 4.77. The van der Waals surface area contributed by atoms with Crippen molar-refractivity contribution in [2.75, 3.05) is 11.6 Å². The number of carbonyl (C=O) groups excluding carboxylic acids is 1. The van der Waals surface area contributed by atoms with Crippen LogP contribution in [0.1, 0.15) is 33.6 Å². The second-order valence-corrected chi connectivity index (χ2v) is 11.8. The van der Waals surface area contributed by atoms with Crippen molar-refractivity contribution in [1.29, 1.82) is 0 Å². The average Bonchev–Trinajstić information content (AvgIpc) is 3.33. The zero-order valence-corrected chi connectivity index (χ0v) is 19.3. The standard InChI is InChI=1S/C23H20N2O3S3/c1-31(27,28)15-8-6-7-14(13-15)21(26)25-23-20(16-9-2-4-11-18(16)29-23)22-24-17-10-3-5-12-19(17)30-22/h3,5-8,10,12-13H,2,4,9,11H2,1H3,(H,25,26). The predicted molar refractivity (Wildman–Crippen MR) is 127 cm³/mol. The van der Waals surface area contributed by atoms with E-state index in [1.807, 2.05) is 18.2 Å². The minimum absolute atomic E-state index is 0.136. The number of rotatable bonds is 4. The average molecular weight is 469 g/mol. The number of nitrogens with one attached hydrogen (secondary N) is 1. The number of amides is 1. The van der Waals surface area contributed by atoms with Gasteiger partial charge in [0.2, 0.25) is 0 Å². The highest BCUT2D eigenvalue weighted by atomic mass is 32.2. The number of fused-ring (bicyclic) bond motifs is 2. The van der Waals surface area contributed by atoms with Crippen LogP contribution in [0.25, 0.3) is 20.8 Å². The van der Waals surface area contributed by atoms with E-state index in [9.17, 15) is 13.2 Å². The van der Waals surface area contributed by atoms with Crippen molar-refractivity contribution >= 4 is 53.6 Å². The molecule has 2 heterocycles. The quantitative estimate of drug-likeness (QED) is 0.425. The molecule has 0 bridgehead atoms. The maximum atomic E-state index is 13.0. The Bertz CT molecular complexity index is 1380. The summed E-state index contributed by atoms with van der Waals surface area (Å²) in [6.45, 7) is 0. The summed E-state index contributed by atoms with van der Waals surface area (Å²) in [5.74, 6) is -0.313. The Labute approximate surface area is 188 Å². The van der Waals surface area contributed by atoms with Crippen LogP contribution in [0.3, 0.4) is 0 Å². The van der Waals surface area contributed by atoms with E-state index in [0.717, 1.165) is 57.7 Å². The van der Waals surface area contributed by atoms with Gasteiger partial charge in [-0.15, -0.1) is 22.7 Å². The van der Waals surface area contributed by atoms with Crippen molar-refractivity contribution in [3.8, 4) is 10.6 Å². The summed E-state index contributed by atoms with van der Waals surface area (Å²) < 4.78 is 24.9. The Hall–Kier alpha value is -2.55. The highest BCUT2D eigenvalue weighted by molar-refractivity contribution is 7.90. The number of para-hydroxylation sites is 1. The molecule has 4 aromatic rings. The molecule has 0 saturated carbocycles.